The van der Waals surface area contributed by atoms with Gasteiger partial charge in [0.05, 0.1) is 34.4 Å². The van der Waals surface area contributed by atoms with Crippen LogP contribution < -0.4 is 5.56 Å². The van der Waals surface area contributed by atoms with Gasteiger partial charge < -0.3 is 9.88 Å². The average Bonchev–Trinajstić information content (AvgIpc) is 3.52. The van der Waals surface area contributed by atoms with Gasteiger partial charge in [-0.05, 0) is 29.1 Å². The summed E-state index contributed by atoms with van der Waals surface area (Å²) in [5.74, 6) is 0.387. The molecule has 0 saturated carbocycles. The minimum atomic E-state index is -0.206. The molecule has 0 atom stereocenters. The molecule has 3 aromatic heterocycles. The number of benzene rings is 2. The minimum absolute atomic E-state index is 0.0716. The van der Waals surface area contributed by atoms with Crippen molar-refractivity contribution in [2.75, 3.05) is 0 Å². The van der Waals surface area contributed by atoms with Gasteiger partial charge in [-0.1, -0.05) is 48.5 Å². The van der Waals surface area contributed by atoms with E-state index in [9.17, 15) is 9.59 Å². The molecular weight excluding hydrogens is 452 g/mol. The lowest BCUT2D eigenvalue weighted by atomic mass is 10.2. The maximum Gasteiger partial charge on any atom is 0.258 e. The number of rotatable bonds is 7. The summed E-state index contributed by atoms with van der Waals surface area (Å²) in [5, 5.41) is 5.40. The third-order valence-corrected chi connectivity index (χ3v) is 7.12. The zero-order chi connectivity index (χ0) is 22.6. The van der Waals surface area contributed by atoms with E-state index >= 15 is 0 Å². The van der Waals surface area contributed by atoms with Gasteiger partial charge in [-0.15, -0.1) is 22.7 Å². The van der Waals surface area contributed by atoms with Crippen molar-refractivity contribution in [2.24, 2.45) is 0 Å². The molecule has 6 nitrogen and oxygen atoms in total. The smallest absolute Gasteiger partial charge is 0.258 e. The number of para-hydroxylation sites is 1. The van der Waals surface area contributed by atoms with E-state index in [1.807, 2.05) is 65.4 Å². The topological polar surface area (TPSA) is 79.0 Å². The lowest BCUT2D eigenvalue weighted by Crippen LogP contribution is -2.33. The lowest BCUT2D eigenvalue weighted by Gasteiger charge is -2.22. The fourth-order valence-electron chi connectivity index (χ4n) is 3.59. The molecule has 1 N–H and O–H groups in total. The summed E-state index contributed by atoms with van der Waals surface area (Å²) in [7, 11) is 0. The fourth-order valence-corrected chi connectivity index (χ4v) is 5.23. The molecule has 3 heterocycles. The van der Waals surface area contributed by atoms with E-state index in [1.54, 1.807) is 39.7 Å². The van der Waals surface area contributed by atoms with Gasteiger partial charge in [-0.25, -0.2) is 9.97 Å². The summed E-state index contributed by atoms with van der Waals surface area (Å²) < 4.78 is 0. The highest BCUT2D eigenvalue weighted by Gasteiger charge is 2.19. The van der Waals surface area contributed by atoms with E-state index < -0.39 is 0 Å². The van der Waals surface area contributed by atoms with Gasteiger partial charge in [0.25, 0.3) is 5.56 Å². The van der Waals surface area contributed by atoms with Crippen LogP contribution >= 0.6 is 22.7 Å². The van der Waals surface area contributed by atoms with Gasteiger partial charge in [-0.2, -0.15) is 0 Å². The van der Waals surface area contributed by atoms with E-state index in [0.29, 0.717) is 23.3 Å². The minimum Gasteiger partial charge on any atom is -0.331 e. The molecule has 0 bridgehead atoms. The van der Waals surface area contributed by atoms with E-state index in [0.717, 1.165) is 21.1 Å². The first-order valence-corrected chi connectivity index (χ1v) is 12.2. The molecule has 8 heteroatoms. The molecule has 0 saturated heterocycles. The maximum absolute atomic E-state index is 13.3. The molecule has 0 unspecified atom stereocenters. The summed E-state index contributed by atoms with van der Waals surface area (Å²) in [6.45, 7) is 0.619. The highest BCUT2D eigenvalue weighted by molar-refractivity contribution is 7.20. The quantitative estimate of drug-likeness (QED) is 0.366. The van der Waals surface area contributed by atoms with Crippen molar-refractivity contribution in [3.05, 3.63) is 105 Å². The number of nitrogens with one attached hydrogen (secondary N) is 1. The Labute approximate surface area is 198 Å². The number of H-pyrrole nitrogens is 1. The molecule has 0 radical (unpaired) electrons. The SMILES string of the molecule is O=C(Cc1csc(-c2cccs2)n1)N(Cc1ccccc1)Cc1nc2ccccc2c(=O)[nH]1. The van der Waals surface area contributed by atoms with Crippen LogP contribution in [0.1, 0.15) is 17.1 Å². The van der Waals surface area contributed by atoms with Crippen molar-refractivity contribution >= 4 is 39.5 Å². The average molecular weight is 473 g/mol. The van der Waals surface area contributed by atoms with Crippen LogP contribution in [0.5, 0.6) is 0 Å². The second-order valence-electron chi connectivity index (χ2n) is 7.56. The Morgan fingerprint density at radius 1 is 0.909 bits per heavy atom. The first-order chi connectivity index (χ1) is 16.2. The number of carbonyl (C=O) groups excluding carboxylic acids is 1. The van der Waals surface area contributed by atoms with Crippen molar-refractivity contribution < 1.29 is 4.79 Å². The van der Waals surface area contributed by atoms with E-state index in [-0.39, 0.29) is 24.4 Å². The van der Waals surface area contributed by atoms with Crippen LogP contribution in [0, 0.1) is 0 Å². The highest BCUT2D eigenvalue weighted by atomic mass is 32.1. The maximum atomic E-state index is 13.3. The van der Waals surface area contributed by atoms with E-state index in [4.69, 9.17) is 0 Å². The molecular formula is C25H20N4O2S2. The van der Waals surface area contributed by atoms with Crippen LogP contribution in [0.2, 0.25) is 0 Å². The number of hydrogen-bond acceptors (Lipinski definition) is 6. The predicted octanol–water partition coefficient (Wildman–Crippen LogP) is 4.88. The third kappa shape index (κ3) is 4.92. The Morgan fingerprint density at radius 2 is 1.73 bits per heavy atom. The molecule has 0 aliphatic carbocycles. The molecule has 0 aliphatic rings. The number of carbonyl (C=O) groups is 1. The van der Waals surface area contributed by atoms with Crippen molar-refractivity contribution in [3.63, 3.8) is 0 Å². The van der Waals surface area contributed by atoms with E-state index in [1.165, 1.54) is 0 Å². The lowest BCUT2D eigenvalue weighted by molar-refractivity contribution is -0.131. The predicted molar refractivity (Wildman–Crippen MR) is 132 cm³/mol. The summed E-state index contributed by atoms with van der Waals surface area (Å²) >= 11 is 3.17. The molecule has 33 heavy (non-hydrogen) atoms. The zero-order valence-corrected chi connectivity index (χ0v) is 19.2. The monoisotopic (exact) mass is 472 g/mol. The first kappa shape index (κ1) is 21.2. The van der Waals surface area contributed by atoms with Crippen molar-refractivity contribution in [1.29, 1.82) is 0 Å². The molecule has 1 amide bonds. The van der Waals surface area contributed by atoms with Crippen molar-refractivity contribution in [2.45, 2.75) is 19.5 Å². The summed E-state index contributed by atoms with van der Waals surface area (Å²) in [5.41, 5.74) is 2.16. The van der Waals surface area contributed by atoms with E-state index in [2.05, 4.69) is 15.0 Å². The number of nitrogens with zero attached hydrogens (tertiary/aromatic N) is 3. The fraction of sp³-hybridized carbons (Fsp3) is 0.120. The number of hydrogen-bond donors (Lipinski definition) is 1. The Hall–Kier alpha value is -3.62. The summed E-state index contributed by atoms with van der Waals surface area (Å²) in [6, 6.07) is 21.0. The molecule has 5 aromatic rings. The van der Waals surface area contributed by atoms with Gasteiger partial charge in [0, 0.05) is 11.9 Å². The van der Waals surface area contributed by atoms with Crippen LogP contribution in [0.15, 0.2) is 82.3 Å². The Kier molecular flexibility index (Phi) is 6.10. The number of aromatic amines is 1. The second kappa shape index (κ2) is 9.48. The van der Waals surface area contributed by atoms with Crippen LogP contribution in [0.3, 0.4) is 0 Å². The largest absolute Gasteiger partial charge is 0.331 e. The molecule has 164 valence electrons. The van der Waals surface area contributed by atoms with Crippen LogP contribution in [0.25, 0.3) is 20.8 Å². The van der Waals surface area contributed by atoms with Gasteiger partial charge in [-0.3, -0.25) is 9.59 Å². The Morgan fingerprint density at radius 3 is 2.55 bits per heavy atom. The number of thiophene rings is 1. The second-order valence-corrected chi connectivity index (χ2v) is 9.37. The number of fused-ring (bicyclic) bond motifs is 1. The van der Waals surface area contributed by atoms with Gasteiger partial charge >= 0.3 is 0 Å². The van der Waals surface area contributed by atoms with Crippen LogP contribution in [-0.4, -0.2) is 25.8 Å². The van der Waals surface area contributed by atoms with Crippen molar-refractivity contribution in [1.82, 2.24) is 19.9 Å². The first-order valence-electron chi connectivity index (χ1n) is 10.4. The molecule has 0 fully saturated rings. The molecule has 0 spiro atoms. The Balaban J connectivity index is 1.40. The number of aromatic nitrogens is 3. The number of amides is 1. The van der Waals surface area contributed by atoms with Crippen LogP contribution in [0.4, 0.5) is 0 Å². The van der Waals surface area contributed by atoms with Crippen molar-refractivity contribution in [3.8, 4) is 9.88 Å². The van der Waals surface area contributed by atoms with Gasteiger partial charge in [0.15, 0.2) is 0 Å². The molecule has 2 aromatic carbocycles. The van der Waals surface area contributed by atoms with Gasteiger partial charge in [0.1, 0.15) is 10.8 Å². The zero-order valence-electron chi connectivity index (χ0n) is 17.6. The third-order valence-electron chi connectivity index (χ3n) is 5.19. The standard InChI is InChI=1S/C25H20N4O2S2/c30-23(13-18-16-33-25(26-18)21-11-6-12-32-21)29(14-17-7-2-1-3-8-17)15-22-27-20-10-5-4-9-19(20)24(31)28-22/h1-12,16H,13-15H2,(H,27,28,31). The Bertz CT molecular complexity index is 1440. The summed E-state index contributed by atoms with van der Waals surface area (Å²) in [6.07, 6.45) is 0.187. The molecule has 0 aliphatic heterocycles. The highest BCUT2D eigenvalue weighted by Crippen LogP contribution is 2.28. The summed E-state index contributed by atoms with van der Waals surface area (Å²) in [4.78, 5) is 40.7. The number of thiazole rings is 1. The van der Waals surface area contributed by atoms with Gasteiger partial charge in [0.2, 0.25) is 5.91 Å². The molecule has 5 rings (SSSR count). The normalized spacial score (nSPS) is 11.0. The van der Waals surface area contributed by atoms with Crippen LogP contribution in [-0.2, 0) is 24.3 Å².